The van der Waals surface area contributed by atoms with Crippen molar-refractivity contribution in [2.75, 3.05) is 7.11 Å². The zero-order chi connectivity index (χ0) is 40.2. The molecule has 0 aliphatic carbocycles. The zero-order valence-electron chi connectivity index (χ0n) is 35.4. The Balaban J connectivity index is 0.000000256. The Hall–Kier alpha value is -4.19. The molecule has 3 aromatic heterocycles. The number of fused-ring (bicyclic) bond motifs is 6. The first kappa shape index (κ1) is 35.5. The zero-order valence-corrected chi connectivity index (χ0v) is 36.6. The summed E-state index contributed by atoms with van der Waals surface area (Å²) in [7, 11) is 0.414. The van der Waals surface area contributed by atoms with Crippen molar-refractivity contribution >= 4 is 66.3 Å². The van der Waals surface area contributed by atoms with Crippen molar-refractivity contribution in [3.8, 4) is 28.3 Å². The number of rotatable bonds is 7. The first-order valence-corrected chi connectivity index (χ1v) is 22.5. The molecule has 0 saturated heterocycles. The summed E-state index contributed by atoms with van der Waals surface area (Å²) in [5.41, 5.74) is 6.18. The number of pyridine rings is 2. The number of nitrogens with zero attached hydrogens (tertiary/aromatic N) is 2. The quantitative estimate of drug-likeness (QED) is 0.0907. The Bertz CT molecular complexity index is 2740. The van der Waals surface area contributed by atoms with Crippen molar-refractivity contribution in [3.63, 3.8) is 0 Å². The van der Waals surface area contributed by atoms with E-state index in [4.69, 9.17) is 13.8 Å². The van der Waals surface area contributed by atoms with Gasteiger partial charge in [-0.25, -0.2) is 0 Å². The number of aryl methyl sites for hydroxylation is 1. The van der Waals surface area contributed by atoms with Gasteiger partial charge < -0.3 is 14.7 Å². The molecule has 3 heterocycles. The molecule has 0 saturated carbocycles. The van der Waals surface area contributed by atoms with Gasteiger partial charge >= 0.3 is 0 Å². The van der Waals surface area contributed by atoms with E-state index < -0.39 is 20.3 Å². The van der Waals surface area contributed by atoms with E-state index in [0.717, 1.165) is 38.0 Å². The summed E-state index contributed by atoms with van der Waals surface area (Å²) < 4.78 is 34.0. The van der Waals surface area contributed by atoms with Gasteiger partial charge in [0.1, 0.15) is 5.75 Å². The van der Waals surface area contributed by atoms with Crippen LogP contribution in [0.1, 0.15) is 54.4 Å². The molecule has 0 amide bonds. The van der Waals surface area contributed by atoms with Gasteiger partial charge in [-0.1, -0.05) is 88.6 Å². The second-order valence-electron chi connectivity index (χ2n) is 15.3. The molecule has 0 aliphatic rings. The van der Waals surface area contributed by atoms with Crippen molar-refractivity contribution in [1.82, 2.24) is 9.97 Å². The van der Waals surface area contributed by atoms with Crippen molar-refractivity contribution in [2.24, 2.45) is 5.92 Å². The summed E-state index contributed by atoms with van der Waals surface area (Å²) in [6, 6.07) is 37.8. The average Bonchev–Trinajstić information content (AvgIpc) is 3.56. The van der Waals surface area contributed by atoms with Crippen molar-refractivity contribution in [2.45, 2.75) is 66.5 Å². The molecule has 8 rings (SSSR count). The SMILES string of the molecule is Cc1cc(-c2[c-]cccc2)ncc1[Si](C)(C)C.[2H]C(C)(C)c1cc(-c2[c-]ccc3c2sc2c4cc5ccc(OC)cc5cc4ccc32)ncc1C([2H])([2H])C(C)C.[Ir]. The number of benzene rings is 5. The molecule has 0 fully saturated rings. The van der Waals surface area contributed by atoms with Crippen molar-refractivity contribution < 1.29 is 29.0 Å². The van der Waals surface area contributed by atoms with E-state index in [0.29, 0.717) is 16.8 Å². The van der Waals surface area contributed by atoms with Crippen LogP contribution in [0.2, 0.25) is 19.6 Å². The molecular formula is C48H48IrN2OSSi-2. The first-order valence-electron chi connectivity index (χ1n) is 19.7. The van der Waals surface area contributed by atoms with Gasteiger partial charge in [0, 0.05) is 41.3 Å². The Labute approximate surface area is 343 Å². The maximum atomic E-state index is 8.82. The fraction of sp³-hybridized carbons (Fsp3) is 0.250. The second kappa shape index (κ2) is 16.3. The predicted molar refractivity (Wildman–Crippen MR) is 232 cm³/mol. The van der Waals surface area contributed by atoms with Crippen LogP contribution >= 0.6 is 11.3 Å². The number of aromatic nitrogens is 2. The summed E-state index contributed by atoms with van der Waals surface area (Å²) in [5, 5.41) is 8.48. The molecule has 6 heteroatoms. The third-order valence-corrected chi connectivity index (χ3v) is 13.0. The third kappa shape index (κ3) is 8.09. The summed E-state index contributed by atoms with van der Waals surface area (Å²) in [4.78, 5) is 9.33. The maximum Gasteiger partial charge on any atom is 0.119 e. The monoisotopic (exact) mass is 924 g/mol. The third-order valence-electron chi connectivity index (χ3n) is 9.63. The smallest absolute Gasteiger partial charge is 0.119 e. The minimum Gasteiger partial charge on any atom is -0.497 e. The van der Waals surface area contributed by atoms with Gasteiger partial charge in [-0.2, -0.15) is 11.3 Å². The predicted octanol–water partition coefficient (Wildman–Crippen LogP) is 13.0. The van der Waals surface area contributed by atoms with Crippen LogP contribution in [0.15, 0.2) is 103 Å². The van der Waals surface area contributed by atoms with Gasteiger partial charge in [0.25, 0.3) is 0 Å². The molecule has 3 nitrogen and oxygen atoms in total. The molecule has 0 unspecified atom stereocenters. The fourth-order valence-corrected chi connectivity index (χ4v) is 10.1. The molecule has 0 atom stereocenters. The molecule has 1 radical (unpaired) electrons. The second-order valence-corrected chi connectivity index (χ2v) is 21.3. The Morgan fingerprint density at radius 2 is 1.54 bits per heavy atom. The van der Waals surface area contributed by atoms with E-state index in [2.05, 4.69) is 104 Å². The summed E-state index contributed by atoms with van der Waals surface area (Å²) in [6.45, 7) is 16.6. The van der Waals surface area contributed by atoms with Gasteiger partial charge in [-0.3, -0.25) is 0 Å². The van der Waals surface area contributed by atoms with Gasteiger partial charge in [0.05, 0.1) is 15.2 Å². The summed E-state index contributed by atoms with van der Waals surface area (Å²) in [6.07, 6.45) is 2.10. The molecule has 0 aliphatic heterocycles. The molecule has 277 valence electrons. The maximum absolute atomic E-state index is 8.82. The molecule has 0 spiro atoms. The van der Waals surface area contributed by atoms with E-state index in [1.54, 1.807) is 24.6 Å². The first-order chi connectivity index (χ1) is 26.5. The number of hydrogen-bond acceptors (Lipinski definition) is 4. The van der Waals surface area contributed by atoms with E-state index in [1.165, 1.54) is 37.0 Å². The van der Waals surface area contributed by atoms with Gasteiger partial charge in [0.2, 0.25) is 0 Å². The van der Waals surface area contributed by atoms with Crippen LogP contribution in [-0.2, 0) is 26.5 Å². The Kier molecular flexibility index (Phi) is 10.7. The minimum atomic E-state index is -1.59. The van der Waals surface area contributed by atoms with Crippen LogP contribution in [0.4, 0.5) is 0 Å². The van der Waals surface area contributed by atoms with Gasteiger partial charge in [0.15, 0.2) is 0 Å². The van der Waals surface area contributed by atoms with Crippen molar-refractivity contribution in [3.05, 3.63) is 132 Å². The topological polar surface area (TPSA) is 35.0 Å². The van der Waals surface area contributed by atoms with E-state index in [9.17, 15) is 0 Å². The summed E-state index contributed by atoms with van der Waals surface area (Å²) >= 11 is 1.74. The Morgan fingerprint density at radius 3 is 2.22 bits per heavy atom. The molecule has 5 aromatic carbocycles. The number of thiophene rings is 1. The Morgan fingerprint density at radius 1 is 0.778 bits per heavy atom. The van der Waals surface area contributed by atoms with Gasteiger partial charge in [-0.05, 0) is 109 Å². The van der Waals surface area contributed by atoms with Crippen LogP contribution in [0.5, 0.6) is 5.75 Å². The van der Waals surface area contributed by atoms with Gasteiger partial charge in [-0.15, -0.1) is 59.7 Å². The average molecular weight is 924 g/mol. The molecule has 54 heavy (non-hydrogen) atoms. The molecule has 0 bridgehead atoms. The molecule has 0 N–H and O–H groups in total. The van der Waals surface area contributed by atoms with Crippen LogP contribution in [0, 0.1) is 25.0 Å². The summed E-state index contributed by atoms with van der Waals surface area (Å²) in [5.74, 6) is -0.377. The van der Waals surface area contributed by atoms with Crippen LogP contribution < -0.4 is 9.92 Å². The normalized spacial score (nSPS) is 13.0. The molecule has 8 aromatic rings. The number of methoxy groups -OCH3 is 1. The van der Waals surface area contributed by atoms with Crippen LogP contribution in [0.3, 0.4) is 0 Å². The molecular weight excluding hydrogens is 873 g/mol. The minimum absolute atomic E-state index is 0. The van der Waals surface area contributed by atoms with Crippen molar-refractivity contribution in [1.29, 1.82) is 0 Å². The van der Waals surface area contributed by atoms with Crippen LogP contribution in [-0.4, -0.2) is 25.2 Å². The fourth-order valence-electron chi connectivity index (χ4n) is 7.04. The van der Waals surface area contributed by atoms with Crippen LogP contribution in [0.25, 0.3) is 64.2 Å². The van der Waals surface area contributed by atoms with E-state index >= 15 is 0 Å². The van der Waals surface area contributed by atoms with E-state index in [1.807, 2.05) is 64.1 Å². The van der Waals surface area contributed by atoms with E-state index in [-0.39, 0.29) is 26.0 Å². The standard InChI is InChI=1S/C33H30NOS.C15H18NSi.Ir/c1-19(2)13-24-18-34-31(17-29(24)20(3)4)28-8-6-7-26-27-12-10-22-14-23-15-25(35-5)11-9-21(23)16-30(22)33(27)36-32(26)28;1-12-10-14(13-8-6-5-7-9-13)16-11-15(12)17(2,3)4;/h6-7,9-12,14-20H,13H2,1-5H3;5-8,10-11H,1-4H3;/q2*-1;/i13D2,20D;;. The number of ether oxygens (including phenoxy) is 1. The largest absolute Gasteiger partial charge is 0.497 e. The number of hydrogen-bond donors (Lipinski definition) is 0.